The summed E-state index contributed by atoms with van der Waals surface area (Å²) in [5.74, 6) is 2.19. The van der Waals surface area contributed by atoms with Gasteiger partial charge in [0.1, 0.15) is 6.04 Å². The second-order valence-electron chi connectivity index (χ2n) is 5.17. The molecule has 1 spiro atoms. The third-order valence-electron chi connectivity index (χ3n) is 2.85. The average molecular weight is 247 g/mol. The second kappa shape index (κ2) is 3.86. The standard InChI is InChI=1S/C10H17NO2S2/c1-9(2)4-10(6-14-5-9)11-7(3-15-10)8(12)13/h7,11H,3-6H2,1-2H3,(H,12,13)/t7-,10?/m1/s1. The summed E-state index contributed by atoms with van der Waals surface area (Å²) in [6.45, 7) is 4.52. The minimum absolute atomic E-state index is 0.00940. The zero-order valence-electron chi connectivity index (χ0n) is 9.08. The molecule has 0 saturated carbocycles. The molecule has 0 aromatic rings. The Bertz CT molecular complexity index is 283. The number of carboxylic acids is 1. The molecule has 2 atom stereocenters. The Morgan fingerprint density at radius 2 is 2.20 bits per heavy atom. The van der Waals surface area contributed by atoms with Crippen LogP contribution in [0.3, 0.4) is 0 Å². The highest BCUT2D eigenvalue weighted by Gasteiger charge is 2.47. The molecule has 0 aromatic heterocycles. The van der Waals surface area contributed by atoms with E-state index in [0.29, 0.717) is 11.2 Å². The maximum absolute atomic E-state index is 10.9. The van der Waals surface area contributed by atoms with Crippen molar-refractivity contribution < 1.29 is 9.90 Å². The van der Waals surface area contributed by atoms with Crippen molar-refractivity contribution in [2.24, 2.45) is 5.41 Å². The van der Waals surface area contributed by atoms with Crippen molar-refractivity contribution in [3.63, 3.8) is 0 Å². The molecule has 0 aromatic carbocycles. The Hall–Kier alpha value is 0.130. The van der Waals surface area contributed by atoms with Gasteiger partial charge in [0.05, 0.1) is 4.87 Å². The fourth-order valence-corrected chi connectivity index (χ4v) is 5.61. The molecule has 15 heavy (non-hydrogen) atoms. The number of thioether (sulfide) groups is 2. The van der Waals surface area contributed by atoms with Crippen LogP contribution >= 0.6 is 23.5 Å². The Morgan fingerprint density at radius 1 is 1.47 bits per heavy atom. The normalized spacial score (nSPS) is 39.5. The molecular formula is C10H17NO2S2. The van der Waals surface area contributed by atoms with Crippen LogP contribution in [0, 0.1) is 5.41 Å². The van der Waals surface area contributed by atoms with Crippen molar-refractivity contribution >= 4 is 29.5 Å². The summed E-state index contributed by atoms with van der Waals surface area (Å²) >= 11 is 3.73. The molecule has 2 saturated heterocycles. The quantitative estimate of drug-likeness (QED) is 0.737. The number of hydrogen-bond acceptors (Lipinski definition) is 4. The molecule has 0 amide bonds. The lowest BCUT2D eigenvalue weighted by molar-refractivity contribution is -0.138. The predicted octanol–water partition coefficient (Wildman–Crippen LogP) is 1.64. The fraction of sp³-hybridized carbons (Fsp3) is 0.900. The molecule has 0 aliphatic carbocycles. The van der Waals surface area contributed by atoms with Gasteiger partial charge in [-0.2, -0.15) is 11.8 Å². The molecular weight excluding hydrogens is 230 g/mol. The summed E-state index contributed by atoms with van der Waals surface area (Å²) in [6, 6.07) is -0.357. The van der Waals surface area contributed by atoms with Crippen LogP contribution in [0.1, 0.15) is 20.3 Å². The summed E-state index contributed by atoms with van der Waals surface area (Å²) < 4.78 is 0. The Balaban J connectivity index is 2.06. The van der Waals surface area contributed by atoms with Gasteiger partial charge >= 0.3 is 5.97 Å². The van der Waals surface area contributed by atoms with Gasteiger partial charge in [-0.25, -0.2) is 0 Å². The van der Waals surface area contributed by atoms with E-state index in [1.165, 1.54) is 5.75 Å². The van der Waals surface area contributed by atoms with Crippen LogP contribution in [0.2, 0.25) is 0 Å². The van der Waals surface area contributed by atoms with Crippen molar-refractivity contribution in [1.29, 1.82) is 0 Å². The third kappa shape index (κ3) is 2.45. The Labute approximate surface area is 98.8 Å². The van der Waals surface area contributed by atoms with Crippen LogP contribution in [0.15, 0.2) is 0 Å². The van der Waals surface area contributed by atoms with Gasteiger partial charge in [-0.05, 0) is 17.6 Å². The predicted molar refractivity (Wildman–Crippen MR) is 65.5 cm³/mol. The molecule has 1 unspecified atom stereocenters. The molecule has 0 bridgehead atoms. The van der Waals surface area contributed by atoms with Crippen LogP contribution in [-0.2, 0) is 4.79 Å². The maximum Gasteiger partial charge on any atom is 0.321 e. The maximum atomic E-state index is 10.9. The highest BCUT2D eigenvalue weighted by atomic mass is 32.2. The third-order valence-corrected chi connectivity index (χ3v) is 6.18. The molecule has 2 rings (SSSR count). The number of carboxylic acid groups (broad SMARTS) is 1. The fourth-order valence-electron chi connectivity index (χ4n) is 2.33. The summed E-state index contributed by atoms with van der Waals surface area (Å²) in [7, 11) is 0. The Kier molecular flexibility index (Phi) is 2.99. The van der Waals surface area contributed by atoms with E-state index in [-0.39, 0.29) is 10.9 Å². The molecule has 2 N–H and O–H groups in total. The molecule has 2 aliphatic rings. The minimum atomic E-state index is -0.715. The van der Waals surface area contributed by atoms with E-state index in [4.69, 9.17) is 5.11 Å². The first-order valence-corrected chi connectivity index (χ1v) is 7.29. The molecule has 2 aliphatic heterocycles. The number of hydrogen-bond donors (Lipinski definition) is 2. The van der Waals surface area contributed by atoms with Crippen LogP contribution in [0.5, 0.6) is 0 Å². The van der Waals surface area contributed by atoms with Gasteiger partial charge < -0.3 is 5.11 Å². The summed E-state index contributed by atoms with van der Waals surface area (Å²) in [4.78, 5) is 10.9. The number of carbonyl (C=O) groups is 1. The van der Waals surface area contributed by atoms with Crippen LogP contribution < -0.4 is 5.32 Å². The number of aliphatic carboxylic acids is 1. The van der Waals surface area contributed by atoms with Crippen LogP contribution in [0.25, 0.3) is 0 Å². The molecule has 86 valence electrons. The number of rotatable bonds is 1. The lowest BCUT2D eigenvalue weighted by atomic mass is 9.87. The van der Waals surface area contributed by atoms with E-state index < -0.39 is 5.97 Å². The SMILES string of the molecule is CC1(C)CSCC2(C1)N[C@@H](C(=O)O)CS2. The first-order chi connectivity index (χ1) is 6.93. The van der Waals surface area contributed by atoms with Crippen molar-refractivity contribution in [3.05, 3.63) is 0 Å². The van der Waals surface area contributed by atoms with Gasteiger partial charge in [0.25, 0.3) is 0 Å². The van der Waals surface area contributed by atoms with E-state index in [2.05, 4.69) is 19.2 Å². The zero-order chi connectivity index (χ0) is 11.1. The average Bonchev–Trinajstić information content (AvgIpc) is 2.46. The first kappa shape index (κ1) is 11.6. The summed E-state index contributed by atoms with van der Waals surface area (Å²) in [6.07, 6.45) is 1.07. The molecule has 2 fully saturated rings. The Morgan fingerprint density at radius 3 is 2.73 bits per heavy atom. The summed E-state index contributed by atoms with van der Waals surface area (Å²) in [5, 5.41) is 12.3. The van der Waals surface area contributed by atoms with Gasteiger partial charge in [0.2, 0.25) is 0 Å². The second-order valence-corrected chi connectivity index (χ2v) is 7.56. The van der Waals surface area contributed by atoms with Crippen LogP contribution in [0.4, 0.5) is 0 Å². The van der Waals surface area contributed by atoms with E-state index in [0.717, 1.165) is 12.2 Å². The monoisotopic (exact) mass is 247 g/mol. The van der Waals surface area contributed by atoms with Crippen molar-refractivity contribution in [2.75, 3.05) is 17.3 Å². The van der Waals surface area contributed by atoms with Crippen molar-refractivity contribution in [2.45, 2.75) is 31.2 Å². The van der Waals surface area contributed by atoms with E-state index >= 15 is 0 Å². The highest BCUT2D eigenvalue weighted by molar-refractivity contribution is 8.04. The lowest BCUT2D eigenvalue weighted by Gasteiger charge is -2.41. The first-order valence-electron chi connectivity index (χ1n) is 5.15. The van der Waals surface area contributed by atoms with E-state index in [9.17, 15) is 4.79 Å². The van der Waals surface area contributed by atoms with Gasteiger partial charge in [0, 0.05) is 11.5 Å². The van der Waals surface area contributed by atoms with E-state index in [1.807, 2.05) is 11.8 Å². The lowest BCUT2D eigenvalue weighted by Crippen LogP contribution is -2.51. The van der Waals surface area contributed by atoms with Crippen LogP contribution in [-0.4, -0.2) is 39.2 Å². The van der Waals surface area contributed by atoms with Gasteiger partial charge in [0.15, 0.2) is 0 Å². The largest absolute Gasteiger partial charge is 0.480 e. The molecule has 3 nitrogen and oxygen atoms in total. The van der Waals surface area contributed by atoms with Gasteiger partial charge in [-0.1, -0.05) is 13.8 Å². The van der Waals surface area contributed by atoms with Gasteiger partial charge in [-0.15, -0.1) is 11.8 Å². The highest BCUT2D eigenvalue weighted by Crippen LogP contribution is 2.47. The molecule has 5 heteroatoms. The van der Waals surface area contributed by atoms with Crippen molar-refractivity contribution in [1.82, 2.24) is 5.32 Å². The van der Waals surface area contributed by atoms with Crippen molar-refractivity contribution in [3.8, 4) is 0 Å². The molecule has 2 heterocycles. The topological polar surface area (TPSA) is 49.3 Å². The van der Waals surface area contributed by atoms with Gasteiger partial charge in [-0.3, -0.25) is 10.1 Å². The number of nitrogens with one attached hydrogen (secondary N) is 1. The summed E-state index contributed by atoms with van der Waals surface area (Å²) in [5.41, 5.74) is 0.316. The smallest absolute Gasteiger partial charge is 0.321 e. The van der Waals surface area contributed by atoms with E-state index in [1.54, 1.807) is 11.8 Å². The molecule has 0 radical (unpaired) electrons. The zero-order valence-corrected chi connectivity index (χ0v) is 10.7. The minimum Gasteiger partial charge on any atom is -0.480 e.